The maximum Gasteiger partial charge on any atom is 0.270 e. The highest BCUT2D eigenvalue weighted by Gasteiger charge is 2.15. The molecule has 100 valence electrons. The summed E-state index contributed by atoms with van der Waals surface area (Å²) in [6.07, 6.45) is 0. The van der Waals surface area contributed by atoms with Gasteiger partial charge in [0.2, 0.25) is 0 Å². The number of nitro groups is 1. The molecule has 1 heterocycles. The number of hydrogen-bond acceptors (Lipinski definition) is 3. The molecular formula is C15H12N2O3. The fourth-order valence-corrected chi connectivity index (χ4v) is 2.40. The number of benzene rings is 2. The van der Waals surface area contributed by atoms with Crippen LogP contribution in [0.15, 0.2) is 48.5 Å². The van der Waals surface area contributed by atoms with Gasteiger partial charge in [-0.2, -0.15) is 0 Å². The molecule has 0 unspecified atom stereocenters. The Hall–Kier alpha value is -2.66. The van der Waals surface area contributed by atoms with Crippen LogP contribution in [0.1, 0.15) is 5.69 Å². The number of aromatic nitrogens is 1. The number of nitro benzene ring substituents is 1. The zero-order chi connectivity index (χ0) is 14.1. The maximum atomic E-state index is 10.9. The number of aromatic amines is 1. The molecule has 1 aromatic heterocycles. The van der Waals surface area contributed by atoms with Gasteiger partial charge in [-0.05, 0) is 11.6 Å². The van der Waals surface area contributed by atoms with E-state index in [1.54, 1.807) is 6.07 Å². The smallest absolute Gasteiger partial charge is 0.270 e. The molecular weight excluding hydrogens is 256 g/mol. The summed E-state index contributed by atoms with van der Waals surface area (Å²) in [4.78, 5) is 13.6. The van der Waals surface area contributed by atoms with E-state index in [1.807, 2.05) is 30.3 Å². The summed E-state index contributed by atoms with van der Waals surface area (Å²) in [5, 5.41) is 21.2. The minimum atomic E-state index is -0.417. The first-order valence-electron chi connectivity index (χ1n) is 6.16. The zero-order valence-electron chi connectivity index (χ0n) is 10.5. The van der Waals surface area contributed by atoms with Gasteiger partial charge in [-0.15, -0.1) is 0 Å². The quantitative estimate of drug-likeness (QED) is 0.565. The Labute approximate surface area is 114 Å². The van der Waals surface area contributed by atoms with E-state index in [1.165, 1.54) is 12.1 Å². The lowest BCUT2D eigenvalue weighted by Gasteiger charge is -2.02. The van der Waals surface area contributed by atoms with Crippen LogP contribution in [0.3, 0.4) is 0 Å². The molecule has 2 N–H and O–H groups in total. The van der Waals surface area contributed by atoms with Crippen molar-refractivity contribution >= 4 is 16.6 Å². The number of nitrogens with one attached hydrogen (secondary N) is 1. The average molecular weight is 268 g/mol. The predicted octanol–water partition coefficient (Wildman–Crippen LogP) is 3.24. The third-order valence-electron chi connectivity index (χ3n) is 3.29. The van der Waals surface area contributed by atoms with Gasteiger partial charge in [0.1, 0.15) is 0 Å². The molecule has 0 bridgehead atoms. The molecule has 0 aliphatic carbocycles. The predicted molar refractivity (Wildman–Crippen MR) is 76.3 cm³/mol. The van der Waals surface area contributed by atoms with Crippen LogP contribution in [0.2, 0.25) is 0 Å². The van der Waals surface area contributed by atoms with Crippen LogP contribution in [0, 0.1) is 10.1 Å². The molecule has 3 aromatic rings. The monoisotopic (exact) mass is 268 g/mol. The van der Waals surface area contributed by atoms with Crippen LogP contribution < -0.4 is 0 Å². The molecule has 0 saturated heterocycles. The third kappa shape index (κ3) is 1.94. The number of rotatable bonds is 3. The van der Waals surface area contributed by atoms with Gasteiger partial charge in [-0.3, -0.25) is 10.1 Å². The summed E-state index contributed by atoms with van der Waals surface area (Å²) in [5.74, 6) is 0. The normalized spacial score (nSPS) is 10.8. The summed E-state index contributed by atoms with van der Waals surface area (Å²) >= 11 is 0. The van der Waals surface area contributed by atoms with Gasteiger partial charge in [0.25, 0.3) is 5.69 Å². The lowest BCUT2D eigenvalue weighted by Crippen LogP contribution is -1.87. The van der Waals surface area contributed by atoms with Crippen LogP contribution in [0.4, 0.5) is 5.69 Å². The van der Waals surface area contributed by atoms with Crippen LogP contribution in [0.5, 0.6) is 0 Å². The Kier molecular flexibility index (Phi) is 2.96. The zero-order valence-corrected chi connectivity index (χ0v) is 10.5. The Bertz CT molecular complexity index is 778. The molecule has 5 nitrogen and oxygen atoms in total. The summed E-state index contributed by atoms with van der Waals surface area (Å²) in [5.41, 5.74) is 3.21. The number of non-ortho nitro benzene ring substituents is 1. The fourth-order valence-electron chi connectivity index (χ4n) is 2.40. The first kappa shape index (κ1) is 12.4. The number of aliphatic hydroxyl groups excluding tert-OH is 1. The highest BCUT2D eigenvalue weighted by Crippen LogP contribution is 2.34. The standard InChI is InChI=1S/C15H12N2O3/c18-9-14-15(10-4-2-1-3-5-10)12-8-11(17(19)20)6-7-13(12)16-14/h1-8,16,18H,9H2. The summed E-state index contributed by atoms with van der Waals surface area (Å²) in [6, 6.07) is 14.2. The largest absolute Gasteiger partial charge is 0.390 e. The topological polar surface area (TPSA) is 79.2 Å². The SMILES string of the molecule is O=[N+]([O-])c1ccc2[nH]c(CO)c(-c3ccccc3)c2c1. The Morgan fingerprint density at radius 3 is 2.55 bits per heavy atom. The minimum absolute atomic E-state index is 0.0400. The van der Waals surface area contributed by atoms with Crippen molar-refractivity contribution in [3.8, 4) is 11.1 Å². The number of hydrogen-bond donors (Lipinski definition) is 2. The third-order valence-corrected chi connectivity index (χ3v) is 3.29. The molecule has 5 heteroatoms. The molecule has 0 amide bonds. The summed E-state index contributed by atoms with van der Waals surface area (Å²) in [6.45, 7) is -0.146. The van der Waals surface area contributed by atoms with Crippen LogP contribution in [-0.2, 0) is 6.61 Å². The molecule has 0 aliphatic heterocycles. The van der Waals surface area contributed by atoms with Crippen molar-refractivity contribution in [2.75, 3.05) is 0 Å². The van der Waals surface area contributed by atoms with Crippen molar-refractivity contribution in [3.05, 3.63) is 64.3 Å². The maximum absolute atomic E-state index is 10.9. The fraction of sp³-hybridized carbons (Fsp3) is 0.0667. The van der Waals surface area contributed by atoms with Gasteiger partial charge in [-0.25, -0.2) is 0 Å². The molecule has 0 atom stereocenters. The van der Waals surface area contributed by atoms with Gasteiger partial charge in [0.15, 0.2) is 0 Å². The second-order valence-electron chi connectivity index (χ2n) is 4.49. The molecule has 20 heavy (non-hydrogen) atoms. The molecule has 0 saturated carbocycles. The lowest BCUT2D eigenvalue weighted by atomic mass is 10.0. The molecule has 3 rings (SSSR count). The first-order chi connectivity index (χ1) is 9.70. The molecule has 0 spiro atoms. The van der Waals surface area contributed by atoms with Gasteiger partial charge in [-0.1, -0.05) is 30.3 Å². The van der Waals surface area contributed by atoms with Crippen molar-refractivity contribution in [1.29, 1.82) is 0 Å². The Balaban J connectivity index is 2.32. The lowest BCUT2D eigenvalue weighted by molar-refractivity contribution is -0.384. The van der Waals surface area contributed by atoms with E-state index in [2.05, 4.69) is 4.98 Å². The van der Waals surface area contributed by atoms with Crippen LogP contribution in [0.25, 0.3) is 22.0 Å². The highest BCUT2D eigenvalue weighted by atomic mass is 16.6. The van der Waals surface area contributed by atoms with Crippen molar-refractivity contribution in [3.63, 3.8) is 0 Å². The molecule has 0 aliphatic rings. The highest BCUT2D eigenvalue weighted by molar-refractivity contribution is 5.98. The van der Waals surface area contributed by atoms with Crippen molar-refractivity contribution < 1.29 is 10.0 Å². The molecule has 2 aromatic carbocycles. The van der Waals surface area contributed by atoms with Crippen molar-refractivity contribution in [2.45, 2.75) is 6.61 Å². The number of aliphatic hydroxyl groups is 1. The van der Waals surface area contributed by atoms with Crippen molar-refractivity contribution in [2.24, 2.45) is 0 Å². The van der Waals surface area contributed by atoms with E-state index < -0.39 is 4.92 Å². The Morgan fingerprint density at radius 1 is 1.15 bits per heavy atom. The minimum Gasteiger partial charge on any atom is -0.390 e. The molecule has 0 fully saturated rings. The number of nitrogens with zero attached hydrogens (tertiary/aromatic N) is 1. The second-order valence-corrected chi connectivity index (χ2v) is 4.49. The summed E-state index contributed by atoms with van der Waals surface area (Å²) < 4.78 is 0. The van der Waals surface area contributed by atoms with Crippen LogP contribution in [-0.4, -0.2) is 15.0 Å². The van der Waals surface area contributed by atoms with E-state index in [9.17, 15) is 15.2 Å². The van der Waals surface area contributed by atoms with Crippen molar-refractivity contribution in [1.82, 2.24) is 4.98 Å². The van der Waals surface area contributed by atoms with Gasteiger partial charge < -0.3 is 10.1 Å². The number of H-pyrrole nitrogens is 1. The van der Waals surface area contributed by atoms with E-state index in [-0.39, 0.29) is 12.3 Å². The van der Waals surface area contributed by atoms with Crippen LogP contribution >= 0.6 is 0 Å². The second kappa shape index (κ2) is 4.79. The average Bonchev–Trinajstić information content (AvgIpc) is 2.85. The molecule has 0 radical (unpaired) electrons. The van der Waals surface area contributed by atoms with E-state index in [0.29, 0.717) is 5.69 Å². The summed E-state index contributed by atoms with van der Waals surface area (Å²) in [7, 11) is 0. The number of fused-ring (bicyclic) bond motifs is 1. The van der Waals surface area contributed by atoms with E-state index in [0.717, 1.165) is 22.0 Å². The van der Waals surface area contributed by atoms with E-state index >= 15 is 0 Å². The van der Waals surface area contributed by atoms with E-state index in [4.69, 9.17) is 0 Å². The Morgan fingerprint density at radius 2 is 1.90 bits per heavy atom. The first-order valence-corrected chi connectivity index (χ1v) is 6.16. The van der Waals surface area contributed by atoms with Gasteiger partial charge in [0, 0.05) is 34.3 Å². The van der Waals surface area contributed by atoms with Gasteiger partial charge >= 0.3 is 0 Å². The van der Waals surface area contributed by atoms with Gasteiger partial charge in [0.05, 0.1) is 11.5 Å².